The van der Waals surface area contributed by atoms with Gasteiger partial charge in [-0.05, 0) is 18.1 Å². The summed E-state index contributed by atoms with van der Waals surface area (Å²) in [6.45, 7) is 4.34. The molecular weight excluding hydrogens is 98.1 g/mol. The zero-order valence-electron chi connectivity index (χ0n) is 5.31. The molecule has 0 aromatic carbocycles. The highest BCUT2D eigenvalue weighted by molar-refractivity contribution is 5.07. The van der Waals surface area contributed by atoms with E-state index in [1.54, 1.807) is 0 Å². The van der Waals surface area contributed by atoms with E-state index in [1.165, 1.54) is 5.69 Å². The second kappa shape index (κ2) is 2.03. The van der Waals surface area contributed by atoms with Gasteiger partial charge in [-0.25, -0.2) is 0 Å². The van der Waals surface area contributed by atoms with E-state index in [4.69, 9.17) is 0 Å². The standard InChI is InChI=1S/C7H11N/c1-6(2)7-4-3-5-8-7/h3-6,8H,1-2H3. The van der Waals surface area contributed by atoms with Gasteiger partial charge in [0, 0.05) is 11.9 Å². The van der Waals surface area contributed by atoms with E-state index in [0.29, 0.717) is 5.92 Å². The molecule has 8 heavy (non-hydrogen) atoms. The Kier molecular flexibility index (Phi) is 1.38. The molecule has 1 N–H and O–H groups in total. The van der Waals surface area contributed by atoms with Crippen molar-refractivity contribution in [3.8, 4) is 0 Å². The lowest BCUT2D eigenvalue weighted by Gasteiger charge is -1.97. The van der Waals surface area contributed by atoms with Crippen molar-refractivity contribution in [3.05, 3.63) is 24.0 Å². The Morgan fingerprint density at radius 2 is 2.25 bits per heavy atom. The van der Waals surface area contributed by atoms with Crippen molar-refractivity contribution in [1.29, 1.82) is 0 Å². The van der Waals surface area contributed by atoms with Gasteiger partial charge in [0.25, 0.3) is 0 Å². The molecule has 0 amide bonds. The SMILES string of the molecule is CC(C)c1ccc[nH]1. The third-order valence-electron chi connectivity index (χ3n) is 1.24. The molecule has 44 valence electrons. The first kappa shape index (κ1) is 5.42. The molecule has 1 rings (SSSR count). The first-order valence-electron chi connectivity index (χ1n) is 2.94. The van der Waals surface area contributed by atoms with Crippen molar-refractivity contribution in [3.63, 3.8) is 0 Å². The van der Waals surface area contributed by atoms with Gasteiger partial charge < -0.3 is 4.98 Å². The number of rotatable bonds is 1. The fraction of sp³-hybridized carbons (Fsp3) is 0.429. The van der Waals surface area contributed by atoms with E-state index < -0.39 is 0 Å². The van der Waals surface area contributed by atoms with Gasteiger partial charge in [0.15, 0.2) is 0 Å². The first-order chi connectivity index (χ1) is 3.80. The summed E-state index contributed by atoms with van der Waals surface area (Å²) in [5.74, 6) is 0.630. The number of aromatic nitrogens is 1. The highest BCUT2D eigenvalue weighted by Gasteiger charge is 1.94. The van der Waals surface area contributed by atoms with Crippen LogP contribution in [0.1, 0.15) is 25.5 Å². The summed E-state index contributed by atoms with van der Waals surface area (Å²) in [6, 6.07) is 4.12. The van der Waals surface area contributed by atoms with Gasteiger partial charge in [0.05, 0.1) is 0 Å². The molecule has 0 bridgehead atoms. The zero-order chi connectivity index (χ0) is 5.98. The largest absolute Gasteiger partial charge is 0.365 e. The second-order valence-corrected chi connectivity index (χ2v) is 2.28. The Balaban J connectivity index is 2.77. The van der Waals surface area contributed by atoms with Crippen LogP contribution < -0.4 is 0 Å². The molecule has 1 heteroatoms. The van der Waals surface area contributed by atoms with Gasteiger partial charge >= 0.3 is 0 Å². The normalized spacial score (nSPS) is 10.4. The Morgan fingerprint density at radius 3 is 2.50 bits per heavy atom. The number of H-pyrrole nitrogens is 1. The van der Waals surface area contributed by atoms with E-state index in [2.05, 4.69) is 24.9 Å². The van der Waals surface area contributed by atoms with E-state index in [-0.39, 0.29) is 0 Å². The minimum Gasteiger partial charge on any atom is -0.365 e. The predicted molar refractivity (Wildman–Crippen MR) is 34.9 cm³/mol. The van der Waals surface area contributed by atoms with Crippen LogP contribution in [-0.4, -0.2) is 4.98 Å². The Hall–Kier alpha value is -0.720. The monoisotopic (exact) mass is 109 g/mol. The lowest BCUT2D eigenvalue weighted by atomic mass is 10.1. The molecule has 0 radical (unpaired) electrons. The van der Waals surface area contributed by atoms with Gasteiger partial charge in [0.2, 0.25) is 0 Å². The lowest BCUT2D eigenvalue weighted by molar-refractivity contribution is 0.833. The minimum atomic E-state index is 0.630. The summed E-state index contributed by atoms with van der Waals surface area (Å²) in [4.78, 5) is 3.14. The van der Waals surface area contributed by atoms with Gasteiger partial charge in [0.1, 0.15) is 0 Å². The molecule has 0 unspecified atom stereocenters. The van der Waals surface area contributed by atoms with E-state index in [9.17, 15) is 0 Å². The summed E-state index contributed by atoms with van der Waals surface area (Å²) in [6.07, 6.45) is 1.95. The smallest absolute Gasteiger partial charge is 0.0173 e. The molecule has 1 heterocycles. The Bertz CT molecular complexity index is 139. The maximum absolute atomic E-state index is 3.14. The maximum atomic E-state index is 3.14. The molecule has 1 aromatic heterocycles. The summed E-state index contributed by atoms with van der Waals surface area (Å²) in [7, 11) is 0. The summed E-state index contributed by atoms with van der Waals surface area (Å²) in [5, 5.41) is 0. The number of aromatic amines is 1. The maximum Gasteiger partial charge on any atom is 0.0173 e. The molecule has 0 spiro atoms. The molecule has 0 atom stereocenters. The van der Waals surface area contributed by atoms with Crippen LogP contribution in [0, 0.1) is 0 Å². The molecular formula is C7H11N. The van der Waals surface area contributed by atoms with Crippen molar-refractivity contribution in [2.45, 2.75) is 19.8 Å². The van der Waals surface area contributed by atoms with E-state index in [1.807, 2.05) is 12.3 Å². The molecule has 0 aliphatic heterocycles. The molecule has 0 saturated carbocycles. The van der Waals surface area contributed by atoms with Crippen LogP contribution in [0.3, 0.4) is 0 Å². The van der Waals surface area contributed by atoms with Gasteiger partial charge in [-0.3, -0.25) is 0 Å². The second-order valence-electron chi connectivity index (χ2n) is 2.28. The lowest BCUT2D eigenvalue weighted by Crippen LogP contribution is -1.83. The number of hydrogen-bond acceptors (Lipinski definition) is 0. The molecule has 0 saturated heterocycles. The van der Waals surface area contributed by atoms with E-state index in [0.717, 1.165) is 0 Å². The van der Waals surface area contributed by atoms with Crippen LogP contribution in [0.5, 0.6) is 0 Å². The molecule has 1 aromatic rings. The van der Waals surface area contributed by atoms with Crippen molar-refractivity contribution < 1.29 is 0 Å². The van der Waals surface area contributed by atoms with Crippen molar-refractivity contribution in [1.82, 2.24) is 4.98 Å². The molecule has 0 fully saturated rings. The Labute approximate surface area is 49.7 Å². The quantitative estimate of drug-likeness (QED) is 0.568. The summed E-state index contributed by atoms with van der Waals surface area (Å²) >= 11 is 0. The highest BCUT2D eigenvalue weighted by Crippen LogP contribution is 2.09. The highest BCUT2D eigenvalue weighted by atomic mass is 14.7. The van der Waals surface area contributed by atoms with Gasteiger partial charge in [-0.1, -0.05) is 13.8 Å². The summed E-state index contributed by atoms with van der Waals surface area (Å²) < 4.78 is 0. The van der Waals surface area contributed by atoms with Crippen LogP contribution in [0.2, 0.25) is 0 Å². The fourth-order valence-corrected chi connectivity index (χ4v) is 0.703. The number of nitrogens with one attached hydrogen (secondary N) is 1. The molecule has 0 aliphatic rings. The summed E-state index contributed by atoms with van der Waals surface area (Å²) in [5.41, 5.74) is 1.31. The molecule has 1 nitrogen and oxygen atoms in total. The van der Waals surface area contributed by atoms with Crippen molar-refractivity contribution in [2.75, 3.05) is 0 Å². The van der Waals surface area contributed by atoms with Gasteiger partial charge in [-0.15, -0.1) is 0 Å². The minimum absolute atomic E-state index is 0.630. The first-order valence-corrected chi connectivity index (χ1v) is 2.94. The van der Waals surface area contributed by atoms with Crippen LogP contribution in [-0.2, 0) is 0 Å². The van der Waals surface area contributed by atoms with Gasteiger partial charge in [-0.2, -0.15) is 0 Å². The number of hydrogen-bond donors (Lipinski definition) is 1. The third kappa shape index (κ3) is 0.915. The van der Waals surface area contributed by atoms with Crippen molar-refractivity contribution >= 4 is 0 Å². The average molecular weight is 109 g/mol. The zero-order valence-corrected chi connectivity index (χ0v) is 5.31. The Morgan fingerprint density at radius 1 is 1.50 bits per heavy atom. The fourth-order valence-electron chi connectivity index (χ4n) is 0.703. The predicted octanol–water partition coefficient (Wildman–Crippen LogP) is 2.14. The van der Waals surface area contributed by atoms with Crippen LogP contribution in [0.15, 0.2) is 18.3 Å². The van der Waals surface area contributed by atoms with E-state index >= 15 is 0 Å². The van der Waals surface area contributed by atoms with Crippen LogP contribution >= 0.6 is 0 Å². The molecule has 0 aliphatic carbocycles. The topological polar surface area (TPSA) is 15.8 Å². The van der Waals surface area contributed by atoms with Crippen LogP contribution in [0.25, 0.3) is 0 Å². The third-order valence-corrected chi connectivity index (χ3v) is 1.24. The average Bonchev–Trinajstić information content (AvgIpc) is 2.12. The van der Waals surface area contributed by atoms with Crippen LogP contribution in [0.4, 0.5) is 0 Å². The van der Waals surface area contributed by atoms with Crippen molar-refractivity contribution in [2.24, 2.45) is 0 Å².